The molecule has 1 aromatic heterocycles. The van der Waals surface area contributed by atoms with Crippen molar-refractivity contribution in [1.29, 1.82) is 0 Å². The van der Waals surface area contributed by atoms with Gasteiger partial charge in [0.15, 0.2) is 9.84 Å². The average Bonchev–Trinajstić information content (AvgIpc) is 3.27. The number of carbonyl (C=O) groups excluding carboxylic acids is 1. The van der Waals surface area contributed by atoms with E-state index in [1.807, 2.05) is 24.0 Å². The maximum absolute atomic E-state index is 14.0. The van der Waals surface area contributed by atoms with Crippen molar-refractivity contribution in [3.8, 4) is 0 Å². The molecule has 0 spiro atoms. The number of benzene rings is 2. The van der Waals surface area contributed by atoms with Gasteiger partial charge in [0.2, 0.25) is 5.91 Å². The molecule has 0 unspecified atom stereocenters. The van der Waals surface area contributed by atoms with Gasteiger partial charge in [0.05, 0.1) is 16.2 Å². The Morgan fingerprint density at radius 1 is 1.07 bits per heavy atom. The van der Waals surface area contributed by atoms with Crippen molar-refractivity contribution in [2.75, 3.05) is 24.2 Å². The molecule has 4 atom stereocenters. The van der Waals surface area contributed by atoms with Crippen LogP contribution in [0.2, 0.25) is 0 Å². The van der Waals surface area contributed by atoms with Crippen LogP contribution in [0.15, 0.2) is 53.7 Å². The van der Waals surface area contributed by atoms with Crippen molar-refractivity contribution in [3.63, 3.8) is 0 Å². The molecule has 214 valence electrons. The summed E-state index contributed by atoms with van der Waals surface area (Å²) in [5, 5.41) is 7.36. The minimum atomic E-state index is -3.54. The van der Waals surface area contributed by atoms with E-state index in [4.69, 9.17) is 0 Å². The van der Waals surface area contributed by atoms with Crippen LogP contribution in [-0.4, -0.2) is 66.2 Å². The molecule has 1 saturated carbocycles. The Balaban J connectivity index is 1.35. The monoisotopic (exact) mass is 567 g/mol. The summed E-state index contributed by atoms with van der Waals surface area (Å²) in [5.41, 5.74) is 1.60. The van der Waals surface area contributed by atoms with Crippen LogP contribution in [-0.2, 0) is 14.6 Å². The van der Waals surface area contributed by atoms with Crippen LogP contribution in [0.1, 0.15) is 45.1 Å². The molecular weight excluding hydrogens is 529 g/mol. The predicted octanol–water partition coefficient (Wildman–Crippen LogP) is 4.35. The molecule has 3 aromatic rings. The SMILES string of the molecule is Cc1ccc(S(=O)(=O)C[C@@H]2C[C@H](NCC(C)C)CC[C@@H]2N2CC[C@H](Nc3ncnc4ccc(F)cc34)C2=O)cc1. The number of amides is 1. The Morgan fingerprint density at radius 3 is 2.60 bits per heavy atom. The molecule has 1 aliphatic heterocycles. The summed E-state index contributed by atoms with van der Waals surface area (Å²) in [6.45, 7) is 7.65. The van der Waals surface area contributed by atoms with Crippen LogP contribution < -0.4 is 10.6 Å². The summed E-state index contributed by atoms with van der Waals surface area (Å²) in [6.07, 6.45) is 4.28. The van der Waals surface area contributed by atoms with E-state index in [0.29, 0.717) is 46.9 Å². The Labute approximate surface area is 235 Å². The van der Waals surface area contributed by atoms with Gasteiger partial charge in [0, 0.05) is 24.0 Å². The molecule has 0 radical (unpaired) electrons. The number of rotatable bonds is 9. The summed E-state index contributed by atoms with van der Waals surface area (Å²) in [5.74, 6) is 0.250. The van der Waals surface area contributed by atoms with Crippen molar-refractivity contribution in [3.05, 3.63) is 60.2 Å². The number of aryl methyl sites for hydroxylation is 1. The second-order valence-corrected chi connectivity index (χ2v) is 13.7. The highest BCUT2D eigenvalue weighted by Crippen LogP contribution is 2.35. The predicted molar refractivity (Wildman–Crippen MR) is 154 cm³/mol. The first-order valence-corrected chi connectivity index (χ1v) is 15.8. The summed E-state index contributed by atoms with van der Waals surface area (Å²) in [6, 6.07) is 10.8. The lowest BCUT2D eigenvalue weighted by molar-refractivity contribution is -0.132. The molecule has 8 nitrogen and oxygen atoms in total. The first-order valence-electron chi connectivity index (χ1n) is 14.1. The number of sulfone groups is 1. The molecule has 10 heteroatoms. The molecule has 5 rings (SSSR count). The van der Waals surface area contributed by atoms with Crippen molar-refractivity contribution in [2.24, 2.45) is 11.8 Å². The summed E-state index contributed by atoms with van der Waals surface area (Å²) < 4.78 is 41.0. The molecule has 2 N–H and O–H groups in total. The fraction of sp³-hybridized carbons (Fsp3) is 0.500. The zero-order valence-electron chi connectivity index (χ0n) is 23.3. The quantitative estimate of drug-likeness (QED) is 0.396. The van der Waals surface area contributed by atoms with Gasteiger partial charge in [-0.25, -0.2) is 22.8 Å². The molecule has 1 amide bonds. The first-order chi connectivity index (χ1) is 19.1. The number of hydrogen-bond acceptors (Lipinski definition) is 7. The number of likely N-dealkylation sites (tertiary alicyclic amines) is 1. The van der Waals surface area contributed by atoms with Gasteiger partial charge in [-0.1, -0.05) is 31.5 Å². The highest BCUT2D eigenvalue weighted by atomic mass is 32.2. The molecule has 40 heavy (non-hydrogen) atoms. The van der Waals surface area contributed by atoms with E-state index >= 15 is 0 Å². The van der Waals surface area contributed by atoms with E-state index in [-0.39, 0.29) is 29.7 Å². The molecule has 1 aliphatic carbocycles. The maximum Gasteiger partial charge on any atom is 0.245 e. The van der Waals surface area contributed by atoms with Crippen LogP contribution in [0.5, 0.6) is 0 Å². The van der Waals surface area contributed by atoms with Gasteiger partial charge in [0.25, 0.3) is 0 Å². The molecular formula is C30H38FN5O3S. The Morgan fingerprint density at radius 2 is 1.85 bits per heavy atom. The standard InChI is InChI=1S/C30H38FN5O3S/c1-19(2)16-32-23-7-11-28(21(14-23)17-40(38,39)24-8-4-20(3)5-9-24)36-13-12-27(30(36)37)35-29-25-15-22(31)6-10-26(25)33-18-34-29/h4-6,8-10,15,18-19,21,23,27-28,32H,7,11-14,16-17H2,1-3H3,(H,33,34,35)/t21-,23+,27-,28-/m0/s1. The normalized spacial score (nSPS) is 23.7. The fourth-order valence-corrected chi connectivity index (χ4v) is 7.69. The Kier molecular flexibility index (Phi) is 8.37. The number of anilines is 1. The van der Waals surface area contributed by atoms with E-state index < -0.39 is 21.7 Å². The lowest BCUT2D eigenvalue weighted by Crippen LogP contribution is -2.51. The zero-order chi connectivity index (χ0) is 28.4. The average molecular weight is 568 g/mol. The van der Waals surface area contributed by atoms with E-state index in [9.17, 15) is 17.6 Å². The topological polar surface area (TPSA) is 104 Å². The van der Waals surface area contributed by atoms with Crippen LogP contribution in [0, 0.1) is 24.6 Å². The minimum absolute atomic E-state index is 0.00170. The summed E-state index contributed by atoms with van der Waals surface area (Å²) in [4.78, 5) is 24.4. The third-order valence-electron chi connectivity index (χ3n) is 8.12. The Hall–Kier alpha value is -3.11. The van der Waals surface area contributed by atoms with Gasteiger partial charge in [-0.3, -0.25) is 4.79 Å². The molecule has 2 aromatic carbocycles. The minimum Gasteiger partial charge on any atom is -0.358 e. The van der Waals surface area contributed by atoms with Crippen LogP contribution in [0.25, 0.3) is 10.9 Å². The lowest BCUT2D eigenvalue weighted by atomic mass is 9.81. The lowest BCUT2D eigenvalue weighted by Gasteiger charge is -2.41. The molecule has 2 fully saturated rings. The third-order valence-corrected chi connectivity index (χ3v) is 9.98. The first kappa shape index (κ1) is 28.4. The number of hydrogen-bond donors (Lipinski definition) is 2. The van der Waals surface area contributed by atoms with Crippen molar-refractivity contribution < 1.29 is 17.6 Å². The van der Waals surface area contributed by atoms with Gasteiger partial charge < -0.3 is 15.5 Å². The van der Waals surface area contributed by atoms with Crippen LogP contribution in [0.4, 0.5) is 10.2 Å². The Bertz CT molecular complexity index is 1460. The number of fused-ring (bicyclic) bond motifs is 1. The van der Waals surface area contributed by atoms with Crippen molar-refractivity contribution in [2.45, 2.75) is 69.5 Å². The molecule has 0 bridgehead atoms. The third kappa shape index (κ3) is 6.28. The van der Waals surface area contributed by atoms with Gasteiger partial charge in [-0.2, -0.15) is 0 Å². The number of halogens is 1. The van der Waals surface area contributed by atoms with Gasteiger partial charge in [-0.05, 0) is 81.3 Å². The van der Waals surface area contributed by atoms with E-state index in [1.54, 1.807) is 18.2 Å². The number of aromatic nitrogens is 2. The van der Waals surface area contributed by atoms with E-state index in [0.717, 1.165) is 24.9 Å². The fourth-order valence-electron chi connectivity index (χ4n) is 6.02. The maximum atomic E-state index is 14.0. The smallest absolute Gasteiger partial charge is 0.245 e. The van der Waals surface area contributed by atoms with Gasteiger partial charge in [0.1, 0.15) is 24.0 Å². The van der Waals surface area contributed by atoms with Crippen LogP contribution in [0.3, 0.4) is 0 Å². The summed E-state index contributed by atoms with van der Waals surface area (Å²) >= 11 is 0. The van der Waals surface area contributed by atoms with Gasteiger partial charge in [-0.15, -0.1) is 0 Å². The van der Waals surface area contributed by atoms with E-state index in [1.165, 1.54) is 18.5 Å². The van der Waals surface area contributed by atoms with Crippen molar-refractivity contribution >= 4 is 32.5 Å². The molecule has 2 aliphatic rings. The van der Waals surface area contributed by atoms with E-state index in [2.05, 4.69) is 34.4 Å². The number of nitrogens with zero attached hydrogens (tertiary/aromatic N) is 3. The highest BCUT2D eigenvalue weighted by Gasteiger charge is 2.43. The second-order valence-electron chi connectivity index (χ2n) is 11.6. The summed E-state index contributed by atoms with van der Waals surface area (Å²) in [7, 11) is -3.54. The largest absolute Gasteiger partial charge is 0.358 e. The highest BCUT2D eigenvalue weighted by molar-refractivity contribution is 7.91. The second kappa shape index (κ2) is 11.8. The molecule has 1 saturated heterocycles. The molecule has 2 heterocycles. The number of carbonyl (C=O) groups is 1. The van der Waals surface area contributed by atoms with Gasteiger partial charge >= 0.3 is 0 Å². The van der Waals surface area contributed by atoms with Crippen molar-refractivity contribution in [1.82, 2.24) is 20.2 Å². The van der Waals surface area contributed by atoms with Crippen LogP contribution >= 0.6 is 0 Å². The zero-order valence-corrected chi connectivity index (χ0v) is 24.1. The number of nitrogens with one attached hydrogen (secondary N) is 2.